The van der Waals surface area contributed by atoms with Crippen molar-refractivity contribution in [2.45, 2.75) is 25.7 Å². The summed E-state index contributed by atoms with van der Waals surface area (Å²) >= 11 is 6.03. The lowest BCUT2D eigenvalue weighted by atomic mass is 10.1. The molecule has 128 valence electrons. The van der Waals surface area contributed by atoms with Gasteiger partial charge in [-0.2, -0.15) is 0 Å². The maximum atomic E-state index is 12.5. The number of Topliss-reactive ketones (excluding diaryl/α,β-unsaturated/α-hetero) is 1. The molecule has 2 aromatic rings. The van der Waals surface area contributed by atoms with Crippen LogP contribution < -0.4 is 5.32 Å². The van der Waals surface area contributed by atoms with Crippen molar-refractivity contribution in [2.75, 3.05) is 11.6 Å². The highest BCUT2D eigenvalue weighted by Gasteiger charge is 2.21. The predicted molar refractivity (Wildman–Crippen MR) is 92.8 cm³/mol. The van der Waals surface area contributed by atoms with E-state index in [1.807, 2.05) is 0 Å². The number of rotatable bonds is 4. The lowest BCUT2D eigenvalue weighted by Crippen LogP contribution is -2.14. The van der Waals surface area contributed by atoms with Crippen LogP contribution in [0.4, 0.5) is 5.69 Å². The Balaban J connectivity index is 2.41. The van der Waals surface area contributed by atoms with Crippen LogP contribution in [0.2, 0.25) is 5.02 Å². The number of halogens is 1. The molecule has 6 nitrogen and oxygen atoms in total. The largest absolute Gasteiger partial charge is 0.354 e. The third kappa shape index (κ3) is 3.52. The van der Waals surface area contributed by atoms with E-state index in [0.29, 0.717) is 16.8 Å². The van der Waals surface area contributed by atoms with Gasteiger partial charge in [-0.3, -0.25) is 9.59 Å². The zero-order chi connectivity index (χ0) is 18.2. The number of ketones is 1. The fourth-order valence-electron chi connectivity index (χ4n) is 2.52. The van der Waals surface area contributed by atoms with Gasteiger partial charge in [0.05, 0.1) is 15.6 Å². The summed E-state index contributed by atoms with van der Waals surface area (Å²) in [5.74, 6) is -0.645. The van der Waals surface area contributed by atoms with E-state index in [-0.39, 0.29) is 27.1 Å². The molecular weight excluding hydrogens is 352 g/mol. The number of aromatic nitrogens is 1. The minimum absolute atomic E-state index is 0.0472. The third-order valence-corrected chi connectivity index (χ3v) is 5.07. The van der Waals surface area contributed by atoms with Gasteiger partial charge in [0.15, 0.2) is 15.6 Å². The average molecular weight is 369 g/mol. The number of carbonyl (C=O) groups excluding carboxylic acids is 2. The summed E-state index contributed by atoms with van der Waals surface area (Å²) in [7, 11) is -3.43. The van der Waals surface area contributed by atoms with Crippen molar-refractivity contribution in [2.24, 2.45) is 0 Å². The molecular formula is C16H17ClN2O4S. The molecule has 0 saturated carbocycles. The molecule has 0 aliphatic rings. The van der Waals surface area contributed by atoms with E-state index in [9.17, 15) is 18.0 Å². The molecule has 0 radical (unpaired) electrons. The van der Waals surface area contributed by atoms with Gasteiger partial charge in [0.25, 0.3) is 5.91 Å². The molecule has 1 aromatic heterocycles. The Bertz CT molecular complexity index is 945. The summed E-state index contributed by atoms with van der Waals surface area (Å²) in [5, 5.41) is 2.79. The van der Waals surface area contributed by atoms with E-state index >= 15 is 0 Å². The van der Waals surface area contributed by atoms with Crippen LogP contribution in [0.5, 0.6) is 0 Å². The maximum Gasteiger partial charge on any atom is 0.272 e. The summed E-state index contributed by atoms with van der Waals surface area (Å²) < 4.78 is 23.3. The number of benzene rings is 1. The van der Waals surface area contributed by atoms with Crippen molar-refractivity contribution < 1.29 is 18.0 Å². The monoisotopic (exact) mass is 368 g/mol. The molecule has 0 bridgehead atoms. The van der Waals surface area contributed by atoms with Gasteiger partial charge in [0, 0.05) is 17.5 Å². The van der Waals surface area contributed by atoms with E-state index in [4.69, 9.17) is 11.6 Å². The second-order valence-corrected chi connectivity index (χ2v) is 7.97. The van der Waals surface area contributed by atoms with Crippen LogP contribution in [-0.2, 0) is 9.84 Å². The summed E-state index contributed by atoms with van der Waals surface area (Å²) in [4.78, 5) is 27.1. The molecule has 0 spiro atoms. The van der Waals surface area contributed by atoms with Gasteiger partial charge in [-0.25, -0.2) is 8.42 Å². The highest BCUT2D eigenvalue weighted by Crippen LogP contribution is 2.27. The molecule has 0 aliphatic carbocycles. The maximum absolute atomic E-state index is 12.5. The van der Waals surface area contributed by atoms with Gasteiger partial charge in [0.2, 0.25) is 0 Å². The van der Waals surface area contributed by atoms with Crippen LogP contribution in [0.15, 0.2) is 23.1 Å². The summed E-state index contributed by atoms with van der Waals surface area (Å²) in [6.07, 6.45) is 1.07. The lowest BCUT2D eigenvalue weighted by Gasteiger charge is -2.09. The number of sulfone groups is 1. The van der Waals surface area contributed by atoms with E-state index in [1.54, 1.807) is 13.8 Å². The second kappa shape index (κ2) is 6.41. The van der Waals surface area contributed by atoms with Crippen LogP contribution in [-0.4, -0.2) is 31.3 Å². The van der Waals surface area contributed by atoms with Crippen molar-refractivity contribution in [3.63, 3.8) is 0 Å². The van der Waals surface area contributed by atoms with E-state index in [0.717, 1.165) is 6.26 Å². The first kappa shape index (κ1) is 18.2. The van der Waals surface area contributed by atoms with Gasteiger partial charge >= 0.3 is 0 Å². The van der Waals surface area contributed by atoms with E-state index in [2.05, 4.69) is 10.3 Å². The highest BCUT2D eigenvalue weighted by molar-refractivity contribution is 7.90. The molecule has 0 unspecified atom stereocenters. The minimum Gasteiger partial charge on any atom is -0.354 e. The number of aryl methyl sites for hydroxylation is 1. The Kier molecular flexibility index (Phi) is 4.87. The molecule has 1 heterocycles. The Labute approximate surface area is 145 Å². The SMILES string of the molecule is CC(=O)c1c(C)[nH]c(C(=O)Nc2cc(S(C)(=O)=O)ccc2Cl)c1C. The number of amides is 1. The zero-order valence-corrected chi connectivity index (χ0v) is 15.2. The molecule has 24 heavy (non-hydrogen) atoms. The molecule has 1 aromatic carbocycles. The highest BCUT2D eigenvalue weighted by atomic mass is 35.5. The first-order chi connectivity index (χ1) is 11.0. The Morgan fingerprint density at radius 2 is 1.83 bits per heavy atom. The van der Waals surface area contributed by atoms with Crippen LogP contribution in [0.25, 0.3) is 0 Å². The molecule has 0 saturated heterocycles. The Morgan fingerprint density at radius 3 is 2.33 bits per heavy atom. The number of anilines is 1. The van der Waals surface area contributed by atoms with E-state index < -0.39 is 15.7 Å². The van der Waals surface area contributed by atoms with Crippen molar-refractivity contribution in [1.82, 2.24) is 4.98 Å². The number of hydrogen-bond donors (Lipinski definition) is 2. The molecule has 0 fully saturated rings. The molecule has 1 amide bonds. The van der Waals surface area contributed by atoms with Gasteiger partial charge in [0.1, 0.15) is 5.69 Å². The minimum atomic E-state index is -3.43. The normalized spacial score (nSPS) is 11.4. The van der Waals surface area contributed by atoms with Gasteiger partial charge in [-0.1, -0.05) is 11.6 Å². The number of H-pyrrole nitrogens is 1. The topological polar surface area (TPSA) is 96.1 Å². The van der Waals surface area contributed by atoms with Crippen LogP contribution >= 0.6 is 11.6 Å². The predicted octanol–water partition coefficient (Wildman–Crippen LogP) is 3.14. The second-order valence-electron chi connectivity index (χ2n) is 5.55. The summed E-state index contributed by atoms with van der Waals surface area (Å²) in [6, 6.07) is 4.07. The molecule has 0 aliphatic heterocycles. The van der Waals surface area contributed by atoms with Crippen molar-refractivity contribution in [3.8, 4) is 0 Å². The molecule has 8 heteroatoms. The fraction of sp³-hybridized carbons (Fsp3) is 0.250. The Morgan fingerprint density at radius 1 is 1.21 bits per heavy atom. The summed E-state index contributed by atoms with van der Waals surface area (Å²) in [6.45, 7) is 4.80. The standard InChI is InChI=1S/C16H17ClN2O4S/c1-8-14(10(3)20)9(2)18-15(8)16(21)19-13-7-11(24(4,22)23)5-6-12(13)17/h5-7,18H,1-4H3,(H,19,21). The van der Waals surface area contributed by atoms with Crippen LogP contribution in [0, 0.1) is 13.8 Å². The smallest absolute Gasteiger partial charge is 0.272 e. The van der Waals surface area contributed by atoms with Crippen molar-refractivity contribution >= 4 is 38.8 Å². The molecule has 2 rings (SSSR count). The van der Waals surface area contributed by atoms with E-state index in [1.165, 1.54) is 25.1 Å². The van der Waals surface area contributed by atoms with Gasteiger partial charge in [-0.15, -0.1) is 0 Å². The first-order valence-electron chi connectivity index (χ1n) is 7.03. The Hall–Kier alpha value is -2.12. The number of hydrogen-bond acceptors (Lipinski definition) is 4. The average Bonchev–Trinajstić information content (AvgIpc) is 2.75. The zero-order valence-electron chi connectivity index (χ0n) is 13.7. The van der Waals surface area contributed by atoms with Crippen LogP contribution in [0.1, 0.15) is 39.0 Å². The van der Waals surface area contributed by atoms with Crippen molar-refractivity contribution in [1.29, 1.82) is 0 Å². The van der Waals surface area contributed by atoms with Gasteiger partial charge in [-0.05, 0) is 44.5 Å². The number of carbonyl (C=O) groups is 2. The third-order valence-electron chi connectivity index (χ3n) is 3.63. The number of nitrogens with one attached hydrogen (secondary N) is 2. The molecule has 0 atom stereocenters. The van der Waals surface area contributed by atoms with Crippen molar-refractivity contribution in [3.05, 3.63) is 45.7 Å². The van der Waals surface area contributed by atoms with Gasteiger partial charge < -0.3 is 10.3 Å². The lowest BCUT2D eigenvalue weighted by molar-refractivity contribution is 0.101. The summed E-state index contributed by atoms with van der Waals surface area (Å²) in [5.41, 5.74) is 2.02. The fourth-order valence-corrected chi connectivity index (χ4v) is 3.33. The molecule has 2 N–H and O–H groups in total. The van der Waals surface area contributed by atoms with Crippen LogP contribution in [0.3, 0.4) is 0 Å². The number of aromatic amines is 1. The quantitative estimate of drug-likeness (QED) is 0.810. The first-order valence-corrected chi connectivity index (χ1v) is 9.30.